The molecule has 8 heteroatoms. The number of aromatic nitrogens is 1. The van der Waals surface area contributed by atoms with E-state index in [2.05, 4.69) is 4.98 Å². The van der Waals surface area contributed by atoms with Crippen LogP contribution in [0.5, 0.6) is 5.75 Å². The number of ether oxygens (including phenoxy) is 1. The lowest BCUT2D eigenvalue weighted by Crippen LogP contribution is -2.10. The fourth-order valence-corrected chi connectivity index (χ4v) is 4.62. The van der Waals surface area contributed by atoms with E-state index in [9.17, 15) is 20.0 Å². The Labute approximate surface area is 208 Å². The topological polar surface area (TPSA) is 123 Å². The molecule has 5 rings (SSSR count). The Morgan fingerprint density at radius 2 is 1.81 bits per heavy atom. The zero-order valence-corrected chi connectivity index (χ0v) is 20.7. The molecule has 8 nitrogen and oxygen atoms in total. The molecule has 0 bridgehead atoms. The monoisotopic (exact) mass is 488 g/mol. The summed E-state index contributed by atoms with van der Waals surface area (Å²) in [4.78, 5) is 27.8. The average molecular weight is 489 g/mol. The van der Waals surface area contributed by atoms with Crippen LogP contribution in [0.1, 0.15) is 37.5 Å². The number of rotatable bonds is 4. The zero-order valence-electron chi connectivity index (χ0n) is 20.7. The SMILES string of the molecule is CC(C)(C)O.Cc1c(CC(=O)O)c(-c2ccc3c4c(ccnc24)CCO3)c2ccccc2c1[N+](=O)[O-]. The van der Waals surface area contributed by atoms with Crippen LogP contribution in [0.3, 0.4) is 0 Å². The van der Waals surface area contributed by atoms with E-state index in [1.54, 1.807) is 58.2 Å². The van der Waals surface area contributed by atoms with Crippen molar-refractivity contribution < 1.29 is 24.7 Å². The lowest BCUT2D eigenvalue weighted by molar-refractivity contribution is -0.383. The van der Waals surface area contributed by atoms with E-state index in [-0.39, 0.29) is 12.1 Å². The summed E-state index contributed by atoms with van der Waals surface area (Å²) < 4.78 is 5.82. The van der Waals surface area contributed by atoms with Gasteiger partial charge in [-0.05, 0) is 74.0 Å². The third-order valence-corrected chi connectivity index (χ3v) is 5.91. The van der Waals surface area contributed by atoms with Gasteiger partial charge in [0.15, 0.2) is 0 Å². The van der Waals surface area contributed by atoms with Crippen molar-refractivity contribution in [1.29, 1.82) is 0 Å². The summed E-state index contributed by atoms with van der Waals surface area (Å²) in [6.07, 6.45) is 2.18. The van der Waals surface area contributed by atoms with E-state index in [1.807, 2.05) is 18.2 Å². The van der Waals surface area contributed by atoms with Gasteiger partial charge in [0, 0.05) is 29.1 Å². The molecule has 0 atom stereocenters. The number of fused-ring (bicyclic) bond motifs is 1. The molecule has 1 aliphatic rings. The van der Waals surface area contributed by atoms with Gasteiger partial charge in [-0.15, -0.1) is 0 Å². The number of nitrogens with zero attached hydrogens (tertiary/aromatic N) is 2. The van der Waals surface area contributed by atoms with Crippen LogP contribution in [0.25, 0.3) is 32.8 Å². The highest BCUT2D eigenvalue weighted by Crippen LogP contribution is 2.45. The van der Waals surface area contributed by atoms with Crippen LogP contribution in [-0.4, -0.2) is 38.3 Å². The molecule has 1 aliphatic heterocycles. The zero-order chi connectivity index (χ0) is 26.2. The van der Waals surface area contributed by atoms with Crippen LogP contribution >= 0.6 is 0 Å². The van der Waals surface area contributed by atoms with Crippen LogP contribution in [0, 0.1) is 17.0 Å². The minimum absolute atomic E-state index is 0.0605. The summed E-state index contributed by atoms with van der Waals surface area (Å²) in [6.45, 7) is 7.44. The van der Waals surface area contributed by atoms with Crippen molar-refractivity contribution in [2.45, 2.75) is 46.1 Å². The first kappa shape index (κ1) is 25.1. The molecule has 2 N–H and O–H groups in total. The van der Waals surface area contributed by atoms with E-state index >= 15 is 0 Å². The van der Waals surface area contributed by atoms with Gasteiger partial charge in [0.25, 0.3) is 5.69 Å². The van der Waals surface area contributed by atoms with Gasteiger partial charge in [-0.25, -0.2) is 0 Å². The third kappa shape index (κ3) is 4.85. The molecule has 0 radical (unpaired) electrons. The maximum Gasteiger partial charge on any atom is 0.307 e. The van der Waals surface area contributed by atoms with Gasteiger partial charge in [-0.2, -0.15) is 0 Å². The molecular weight excluding hydrogens is 460 g/mol. The number of hydrogen-bond donors (Lipinski definition) is 2. The second-order valence-electron chi connectivity index (χ2n) is 9.77. The van der Waals surface area contributed by atoms with E-state index in [4.69, 9.17) is 9.84 Å². The Balaban J connectivity index is 0.000000556. The summed E-state index contributed by atoms with van der Waals surface area (Å²) >= 11 is 0. The molecule has 3 aromatic carbocycles. The van der Waals surface area contributed by atoms with Crippen molar-refractivity contribution in [1.82, 2.24) is 4.98 Å². The molecule has 36 heavy (non-hydrogen) atoms. The maximum absolute atomic E-state index is 11.9. The molecule has 0 amide bonds. The predicted octanol–water partition coefficient (Wildman–Crippen LogP) is 5.61. The molecule has 186 valence electrons. The first-order valence-electron chi connectivity index (χ1n) is 11.6. The second kappa shape index (κ2) is 9.54. The summed E-state index contributed by atoms with van der Waals surface area (Å²) in [5, 5.41) is 32.0. The highest BCUT2D eigenvalue weighted by atomic mass is 16.6. The first-order chi connectivity index (χ1) is 17.0. The van der Waals surface area contributed by atoms with Crippen LogP contribution in [0.15, 0.2) is 48.7 Å². The summed E-state index contributed by atoms with van der Waals surface area (Å²) in [5.41, 5.74) is 3.47. The Hall–Kier alpha value is -4.04. The number of carboxylic acids is 1. The Morgan fingerprint density at radius 1 is 1.14 bits per heavy atom. The number of benzene rings is 3. The second-order valence-corrected chi connectivity index (χ2v) is 9.77. The molecule has 0 unspecified atom stereocenters. The van der Waals surface area contributed by atoms with Gasteiger partial charge < -0.3 is 14.9 Å². The summed E-state index contributed by atoms with van der Waals surface area (Å²) in [5.74, 6) is -0.302. The van der Waals surface area contributed by atoms with Gasteiger partial charge >= 0.3 is 5.97 Å². The van der Waals surface area contributed by atoms with Gasteiger partial charge in [-0.1, -0.05) is 18.2 Å². The minimum atomic E-state index is -1.05. The molecule has 4 aromatic rings. The van der Waals surface area contributed by atoms with Crippen molar-refractivity contribution in [3.8, 4) is 16.9 Å². The molecule has 2 heterocycles. The Morgan fingerprint density at radius 3 is 2.44 bits per heavy atom. The van der Waals surface area contributed by atoms with Crippen molar-refractivity contribution in [2.75, 3.05) is 6.61 Å². The number of carbonyl (C=O) groups is 1. The molecule has 0 aliphatic carbocycles. The summed E-state index contributed by atoms with van der Waals surface area (Å²) in [6, 6.07) is 12.8. The lowest BCUT2D eigenvalue weighted by Gasteiger charge is -2.21. The quantitative estimate of drug-likeness (QED) is 0.283. The van der Waals surface area contributed by atoms with Crippen LogP contribution in [0.2, 0.25) is 0 Å². The van der Waals surface area contributed by atoms with Crippen LogP contribution < -0.4 is 4.74 Å². The van der Waals surface area contributed by atoms with Crippen molar-refractivity contribution in [3.63, 3.8) is 0 Å². The molecule has 0 spiro atoms. The largest absolute Gasteiger partial charge is 0.493 e. The number of carboxylic acid groups (broad SMARTS) is 1. The fourth-order valence-electron chi connectivity index (χ4n) is 4.62. The van der Waals surface area contributed by atoms with Gasteiger partial charge in [0.1, 0.15) is 5.75 Å². The van der Waals surface area contributed by atoms with E-state index in [0.29, 0.717) is 39.6 Å². The van der Waals surface area contributed by atoms with E-state index in [1.165, 1.54) is 0 Å². The van der Waals surface area contributed by atoms with Crippen molar-refractivity contribution in [3.05, 3.63) is 75.5 Å². The number of hydrogen-bond acceptors (Lipinski definition) is 6. The van der Waals surface area contributed by atoms with E-state index < -0.39 is 16.5 Å². The number of nitro groups is 1. The molecular formula is C28H28N2O6. The minimum Gasteiger partial charge on any atom is -0.493 e. The standard InChI is InChI=1S/C24H18N2O5.C4H10O/c1-13-18(12-20(27)28)22(15-4-2-3-5-16(15)24(13)26(29)30)17-6-7-19-21-14(9-11-31-19)8-10-25-23(17)21;1-4(2,3)5/h2-8,10H,9,11-12H2,1H3,(H,27,28);5H,1-3H3. The van der Waals surface area contributed by atoms with Crippen LogP contribution in [-0.2, 0) is 17.6 Å². The lowest BCUT2D eigenvalue weighted by atomic mass is 9.85. The van der Waals surface area contributed by atoms with Crippen molar-refractivity contribution in [2.24, 2.45) is 0 Å². The molecule has 1 aromatic heterocycles. The number of nitro benzene ring substituents is 1. The Kier molecular flexibility index (Phi) is 6.65. The molecule has 0 saturated heterocycles. The predicted molar refractivity (Wildman–Crippen MR) is 139 cm³/mol. The normalized spacial score (nSPS) is 12.6. The number of pyridine rings is 1. The average Bonchev–Trinajstić information content (AvgIpc) is 2.79. The van der Waals surface area contributed by atoms with Gasteiger partial charge in [-0.3, -0.25) is 19.9 Å². The molecule has 0 saturated carbocycles. The summed E-state index contributed by atoms with van der Waals surface area (Å²) in [7, 11) is 0. The Bertz CT molecular complexity index is 1490. The van der Waals surface area contributed by atoms with Gasteiger partial charge in [0.2, 0.25) is 0 Å². The molecule has 0 fully saturated rings. The van der Waals surface area contributed by atoms with Crippen LogP contribution in [0.4, 0.5) is 5.69 Å². The highest BCUT2D eigenvalue weighted by Gasteiger charge is 2.27. The van der Waals surface area contributed by atoms with Gasteiger partial charge in [0.05, 0.1) is 34.5 Å². The third-order valence-electron chi connectivity index (χ3n) is 5.91. The number of aliphatic hydroxyl groups is 1. The first-order valence-corrected chi connectivity index (χ1v) is 11.6. The maximum atomic E-state index is 11.9. The highest BCUT2D eigenvalue weighted by molar-refractivity contribution is 6.11. The van der Waals surface area contributed by atoms with E-state index in [0.717, 1.165) is 28.7 Å². The smallest absolute Gasteiger partial charge is 0.307 e. The van der Waals surface area contributed by atoms with Crippen molar-refractivity contribution >= 4 is 33.3 Å². The fraction of sp³-hybridized carbons (Fsp3) is 0.286. The number of aliphatic carboxylic acids is 1.